The van der Waals surface area contributed by atoms with Crippen molar-refractivity contribution < 1.29 is 0 Å². The van der Waals surface area contributed by atoms with Crippen LogP contribution in [0.4, 0.5) is 0 Å². The monoisotopic (exact) mass is 216 g/mol. The van der Waals surface area contributed by atoms with Gasteiger partial charge < -0.3 is 5.73 Å². The highest BCUT2D eigenvalue weighted by atomic mass is 15.3. The SMILES string of the molecule is CCn1cc(C(=N)N)c(-c2cnccn2)n1. The van der Waals surface area contributed by atoms with Crippen molar-refractivity contribution in [2.75, 3.05) is 0 Å². The van der Waals surface area contributed by atoms with Crippen molar-refractivity contribution in [1.29, 1.82) is 5.41 Å². The molecule has 0 saturated heterocycles. The fourth-order valence-electron chi connectivity index (χ4n) is 1.39. The van der Waals surface area contributed by atoms with Crippen molar-refractivity contribution in [3.8, 4) is 11.4 Å². The van der Waals surface area contributed by atoms with Crippen LogP contribution in [0.2, 0.25) is 0 Å². The van der Waals surface area contributed by atoms with Crippen LogP contribution in [0.3, 0.4) is 0 Å². The molecule has 0 bridgehead atoms. The highest BCUT2D eigenvalue weighted by Crippen LogP contribution is 2.18. The number of nitrogens with zero attached hydrogens (tertiary/aromatic N) is 4. The first-order valence-corrected chi connectivity index (χ1v) is 4.90. The molecule has 0 aliphatic carbocycles. The zero-order valence-corrected chi connectivity index (χ0v) is 8.88. The maximum atomic E-state index is 7.49. The van der Waals surface area contributed by atoms with E-state index < -0.39 is 0 Å². The normalized spacial score (nSPS) is 10.3. The smallest absolute Gasteiger partial charge is 0.126 e. The van der Waals surface area contributed by atoms with E-state index in [0.717, 1.165) is 6.54 Å². The minimum Gasteiger partial charge on any atom is -0.384 e. The minimum atomic E-state index is -0.0136. The molecule has 2 aromatic heterocycles. The predicted molar refractivity (Wildman–Crippen MR) is 59.9 cm³/mol. The van der Waals surface area contributed by atoms with Gasteiger partial charge in [-0.05, 0) is 6.92 Å². The molecule has 0 fully saturated rings. The van der Waals surface area contributed by atoms with Crippen molar-refractivity contribution in [3.63, 3.8) is 0 Å². The second-order valence-electron chi connectivity index (χ2n) is 3.25. The number of amidine groups is 1. The molecule has 3 N–H and O–H groups in total. The molecule has 0 radical (unpaired) electrons. The summed E-state index contributed by atoms with van der Waals surface area (Å²) >= 11 is 0. The molecule has 0 aromatic carbocycles. The highest BCUT2D eigenvalue weighted by Gasteiger charge is 2.13. The Kier molecular flexibility index (Phi) is 2.63. The van der Waals surface area contributed by atoms with Crippen LogP contribution in [0.1, 0.15) is 12.5 Å². The lowest BCUT2D eigenvalue weighted by molar-refractivity contribution is 0.661. The molecule has 16 heavy (non-hydrogen) atoms. The van der Waals surface area contributed by atoms with Crippen LogP contribution in [-0.2, 0) is 6.54 Å². The number of nitrogen functional groups attached to an aromatic ring is 1. The number of nitrogens with two attached hydrogens (primary N) is 1. The summed E-state index contributed by atoms with van der Waals surface area (Å²) in [6, 6.07) is 0. The van der Waals surface area contributed by atoms with Crippen LogP contribution in [0.5, 0.6) is 0 Å². The summed E-state index contributed by atoms with van der Waals surface area (Å²) in [6.45, 7) is 2.69. The van der Waals surface area contributed by atoms with Crippen molar-refractivity contribution in [2.45, 2.75) is 13.5 Å². The summed E-state index contributed by atoms with van der Waals surface area (Å²) < 4.78 is 1.72. The predicted octanol–water partition coefficient (Wildman–Crippen LogP) is 0.644. The second kappa shape index (κ2) is 4.09. The minimum absolute atomic E-state index is 0.0136. The topological polar surface area (TPSA) is 93.5 Å². The molecule has 0 spiro atoms. The number of aryl methyl sites for hydroxylation is 1. The lowest BCUT2D eigenvalue weighted by Crippen LogP contribution is -2.11. The summed E-state index contributed by atoms with van der Waals surface area (Å²) in [5, 5.41) is 11.8. The van der Waals surface area contributed by atoms with E-state index >= 15 is 0 Å². The van der Waals surface area contributed by atoms with Gasteiger partial charge in [-0.15, -0.1) is 0 Å². The van der Waals surface area contributed by atoms with Crippen LogP contribution >= 0.6 is 0 Å². The Bertz CT molecular complexity index is 501. The maximum absolute atomic E-state index is 7.49. The van der Waals surface area contributed by atoms with Gasteiger partial charge in [0.25, 0.3) is 0 Å². The number of aromatic nitrogens is 4. The third-order valence-electron chi connectivity index (χ3n) is 2.18. The summed E-state index contributed by atoms with van der Waals surface area (Å²) in [6.07, 6.45) is 6.53. The highest BCUT2D eigenvalue weighted by molar-refractivity contribution is 5.99. The lowest BCUT2D eigenvalue weighted by Gasteiger charge is -1.97. The van der Waals surface area contributed by atoms with Gasteiger partial charge in [0.05, 0.1) is 11.8 Å². The van der Waals surface area contributed by atoms with E-state index in [4.69, 9.17) is 11.1 Å². The number of nitrogens with one attached hydrogen (secondary N) is 1. The molecule has 0 aliphatic rings. The molecule has 2 heterocycles. The average Bonchev–Trinajstić information content (AvgIpc) is 2.74. The maximum Gasteiger partial charge on any atom is 0.126 e. The molecule has 6 heteroatoms. The second-order valence-corrected chi connectivity index (χ2v) is 3.25. The fourth-order valence-corrected chi connectivity index (χ4v) is 1.39. The van der Waals surface area contributed by atoms with Gasteiger partial charge in [0.2, 0.25) is 0 Å². The standard InChI is InChI=1S/C10H12N6/c1-2-16-6-7(10(11)12)9(15-16)8-5-13-3-4-14-8/h3-6H,2H2,1H3,(H3,11,12). The Labute approximate surface area is 92.7 Å². The van der Waals surface area contributed by atoms with Crippen molar-refractivity contribution in [1.82, 2.24) is 19.7 Å². The van der Waals surface area contributed by atoms with Crippen LogP contribution in [-0.4, -0.2) is 25.6 Å². The first kappa shape index (κ1) is 10.3. The molecule has 0 aliphatic heterocycles. The van der Waals surface area contributed by atoms with E-state index in [0.29, 0.717) is 17.0 Å². The molecule has 0 atom stereocenters. The molecule has 0 unspecified atom stereocenters. The molecular formula is C10H12N6. The van der Waals surface area contributed by atoms with Crippen LogP contribution in [0.25, 0.3) is 11.4 Å². The average molecular weight is 216 g/mol. The zero-order valence-electron chi connectivity index (χ0n) is 8.88. The Balaban J connectivity index is 2.55. The Hall–Kier alpha value is -2.24. The van der Waals surface area contributed by atoms with Gasteiger partial charge in [-0.25, -0.2) is 0 Å². The summed E-state index contributed by atoms with van der Waals surface area (Å²) in [5.41, 5.74) is 7.31. The first-order chi connectivity index (χ1) is 7.72. The quantitative estimate of drug-likeness (QED) is 0.581. The van der Waals surface area contributed by atoms with Gasteiger partial charge in [0, 0.05) is 25.1 Å². The van der Waals surface area contributed by atoms with E-state index in [-0.39, 0.29) is 5.84 Å². The molecule has 6 nitrogen and oxygen atoms in total. The fraction of sp³-hybridized carbons (Fsp3) is 0.200. The molecular weight excluding hydrogens is 204 g/mol. The number of hydrogen-bond donors (Lipinski definition) is 2. The van der Waals surface area contributed by atoms with Gasteiger partial charge in [-0.2, -0.15) is 5.10 Å². The van der Waals surface area contributed by atoms with Crippen molar-refractivity contribution >= 4 is 5.84 Å². The Morgan fingerprint density at radius 1 is 1.50 bits per heavy atom. The van der Waals surface area contributed by atoms with E-state index in [2.05, 4.69) is 15.1 Å². The van der Waals surface area contributed by atoms with Crippen molar-refractivity contribution in [2.24, 2.45) is 5.73 Å². The van der Waals surface area contributed by atoms with Gasteiger partial charge in [-0.3, -0.25) is 20.1 Å². The van der Waals surface area contributed by atoms with Crippen LogP contribution in [0.15, 0.2) is 24.8 Å². The summed E-state index contributed by atoms with van der Waals surface area (Å²) in [5.74, 6) is -0.0136. The van der Waals surface area contributed by atoms with E-state index in [9.17, 15) is 0 Å². The Morgan fingerprint density at radius 3 is 2.88 bits per heavy atom. The van der Waals surface area contributed by atoms with Crippen LogP contribution in [0, 0.1) is 5.41 Å². The number of hydrogen-bond acceptors (Lipinski definition) is 4. The summed E-state index contributed by atoms with van der Waals surface area (Å²) in [4.78, 5) is 8.12. The van der Waals surface area contributed by atoms with Gasteiger partial charge >= 0.3 is 0 Å². The summed E-state index contributed by atoms with van der Waals surface area (Å²) in [7, 11) is 0. The lowest BCUT2D eigenvalue weighted by atomic mass is 10.2. The van der Waals surface area contributed by atoms with Gasteiger partial charge in [-0.1, -0.05) is 0 Å². The molecule has 0 saturated carbocycles. The zero-order chi connectivity index (χ0) is 11.5. The first-order valence-electron chi connectivity index (χ1n) is 4.90. The van der Waals surface area contributed by atoms with E-state index in [1.165, 1.54) is 0 Å². The molecule has 2 aromatic rings. The van der Waals surface area contributed by atoms with Gasteiger partial charge in [0.15, 0.2) is 0 Å². The van der Waals surface area contributed by atoms with E-state index in [1.54, 1.807) is 29.5 Å². The van der Waals surface area contributed by atoms with Crippen molar-refractivity contribution in [3.05, 3.63) is 30.4 Å². The largest absolute Gasteiger partial charge is 0.384 e. The number of rotatable bonds is 3. The van der Waals surface area contributed by atoms with Gasteiger partial charge in [0.1, 0.15) is 17.2 Å². The third-order valence-corrected chi connectivity index (χ3v) is 2.18. The molecule has 0 amide bonds. The van der Waals surface area contributed by atoms with E-state index in [1.807, 2.05) is 6.92 Å². The molecule has 82 valence electrons. The van der Waals surface area contributed by atoms with Crippen LogP contribution < -0.4 is 5.73 Å². The Morgan fingerprint density at radius 2 is 2.31 bits per heavy atom. The molecule has 2 rings (SSSR count). The third kappa shape index (κ3) is 1.77.